The highest BCUT2D eigenvalue weighted by Crippen LogP contribution is 2.62. The number of carbonyl (C=O) groups is 1. The Morgan fingerprint density at radius 2 is 2.00 bits per heavy atom. The fourth-order valence-electron chi connectivity index (χ4n) is 5.28. The van der Waals surface area contributed by atoms with Gasteiger partial charge in [0.25, 0.3) is 0 Å². The first-order valence-corrected chi connectivity index (χ1v) is 9.56. The average Bonchev–Trinajstić information content (AvgIpc) is 3.34. The zero-order chi connectivity index (χ0) is 20.1. The van der Waals surface area contributed by atoms with Gasteiger partial charge in [0.2, 0.25) is 5.60 Å². The Hall–Kier alpha value is -2.24. The molecular weight excluding hydrogens is 369 g/mol. The first-order chi connectivity index (χ1) is 13.3. The first-order valence-electron chi connectivity index (χ1n) is 9.56. The topological polar surface area (TPSA) is 35.5 Å². The number of hydrogen-bond donors (Lipinski definition) is 0. The number of carbonyl (C=O) groups excluding carboxylic acids is 1. The Bertz CT molecular complexity index is 842. The predicted molar refractivity (Wildman–Crippen MR) is 98.5 cm³/mol. The van der Waals surface area contributed by atoms with E-state index in [4.69, 9.17) is 9.47 Å². The van der Waals surface area contributed by atoms with Crippen molar-refractivity contribution in [1.29, 1.82) is 0 Å². The van der Waals surface area contributed by atoms with E-state index >= 15 is 0 Å². The Kier molecular flexibility index (Phi) is 4.55. The van der Waals surface area contributed by atoms with Gasteiger partial charge in [-0.3, -0.25) is 4.79 Å². The SMILES string of the molecule is COc1ccccc1/C(C)=C/CC[C@@]1(C(F)(F)F)OC(=O)C2C3C=CC(C3)C21. The predicted octanol–water partition coefficient (Wildman–Crippen LogP) is 5.17. The summed E-state index contributed by atoms with van der Waals surface area (Å²) in [6, 6.07) is 7.39. The van der Waals surface area contributed by atoms with Crippen LogP contribution in [0.1, 0.15) is 31.7 Å². The molecule has 1 heterocycles. The Balaban J connectivity index is 1.59. The van der Waals surface area contributed by atoms with Crippen LogP contribution in [-0.2, 0) is 9.53 Å². The number of alkyl halides is 3. The van der Waals surface area contributed by atoms with Crippen molar-refractivity contribution < 1.29 is 27.4 Å². The zero-order valence-corrected chi connectivity index (χ0v) is 15.8. The molecule has 1 saturated carbocycles. The van der Waals surface area contributed by atoms with E-state index in [1.807, 2.05) is 43.3 Å². The lowest BCUT2D eigenvalue weighted by Gasteiger charge is -2.37. The van der Waals surface area contributed by atoms with E-state index in [2.05, 4.69) is 0 Å². The van der Waals surface area contributed by atoms with Crippen LogP contribution < -0.4 is 4.74 Å². The summed E-state index contributed by atoms with van der Waals surface area (Å²) in [5.74, 6) is -1.83. The number of para-hydroxylation sites is 1. The molecule has 5 atom stereocenters. The molecule has 1 aliphatic heterocycles. The van der Waals surface area contributed by atoms with E-state index in [0.717, 1.165) is 11.1 Å². The van der Waals surface area contributed by atoms with Gasteiger partial charge in [-0.1, -0.05) is 36.4 Å². The average molecular weight is 392 g/mol. The molecule has 0 radical (unpaired) electrons. The number of cyclic esters (lactones) is 1. The molecule has 3 aliphatic rings. The maximum absolute atomic E-state index is 14.2. The van der Waals surface area contributed by atoms with E-state index in [-0.39, 0.29) is 24.7 Å². The fourth-order valence-corrected chi connectivity index (χ4v) is 5.28. The number of fused-ring (bicyclic) bond motifs is 5. The first kappa shape index (κ1) is 19.1. The van der Waals surface area contributed by atoms with E-state index in [1.54, 1.807) is 13.2 Å². The Morgan fingerprint density at radius 3 is 2.71 bits per heavy atom. The summed E-state index contributed by atoms with van der Waals surface area (Å²) in [5.41, 5.74) is -0.713. The number of benzene rings is 1. The van der Waals surface area contributed by atoms with Crippen LogP contribution in [0.4, 0.5) is 13.2 Å². The van der Waals surface area contributed by atoms with E-state index < -0.39 is 29.6 Å². The van der Waals surface area contributed by atoms with Gasteiger partial charge in [0.05, 0.1) is 13.0 Å². The van der Waals surface area contributed by atoms with Gasteiger partial charge in [0, 0.05) is 17.9 Å². The van der Waals surface area contributed by atoms with Gasteiger partial charge >= 0.3 is 12.1 Å². The highest BCUT2D eigenvalue weighted by Gasteiger charge is 2.73. The third-order valence-corrected chi connectivity index (χ3v) is 6.53. The van der Waals surface area contributed by atoms with Crippen molar-refractivity contribution >= 4 is 11.5 Å². The van der Waals surface area contributed by atoms with Crippen molar-refractivity contribution in [2.75, 3.05) is 7.11 Å². The lowest BCUT2D eigenvalue weighted by Crippen LogP contribution is -2.52. The van der Waals surface area contributed by atoms with Gasteiger partial charge in [-0.05, 0) is 43.2 Å². The molecule has 28 heavy (non-hydrogen) atoms. The lowest BCUT2D eigenvalue weighted by atomic mass is 9.72. The molecule has 0 amide bonds. The molecule has 1 aromatic carbocycles. The van der Waals surface area contributed by atoms with E-state index in [9.17, 15) is 18.0 Å². The quantitative estimate of drug-likeness (QED) is 0.512. The van der Waals surface area contributed by atoms with Crippen LogP contribution in [0.2, 0.25) is 0 Å². The van der Waals surface area contributed by atoms with Crippen molar-refractivity contribution in [2.24, 2.45) is 23.7 Å². The summed E-state index contributed by atoms with van der Waals surface area (Å²) in [5, 5.41) is 0. The molecule has 4 rings (SSSR count). The third kappa shape index (κ3) is 2.76. The van der Waals surface area contributed by atoms with Gasteiger partial charge in [-0.25, -0.2) is 0 Å². The Labute approximate surface area is 162 Å². The number of halogens is 3. The van der Waals surface area contributed by atoms with Crippen LogP contribution in [0.15, 0.2) is 42.5 Å². The van der Waals surface area contributed by atoms with Crippen LogP contribution in [0.25, 0.3) is 5.57 Å². The number of rotatable bonds is 5. The van der Waals surface area contributed by atoms with Crippen molar-refractivity contribution in [3.05, 3.63) is 48.1 Å². The molecule has 0 spiro atoms. The van der Waals surface area contributed by atoms with E-state index in [0.29, 0.717) is 12.2 Å². The molecule has 0 N–H and O–H groups in total. The molecule has 4 unspecified atom stereocenters. The molecule has 150 valence electrons. The molecule has 1 saturated heterocycles. The summed E-state index contributed by atoms with van der Waals surface area (Å²) < 4.78 is 53.0. The number of ether oxygens (including phenoxy) is 2. The second kappa shape index (κ2) is 6.68. The standard InChI is InChI=1S/C22H23F3O3/c1-13(16-7-3-4-8-17(16)27-2)6-5-11-21(22(23,24)25)19-15-10-9-14(12-15)18(19)20(26)28-21/h3-4,6-10,14-15,18-19H,5,11-12H2,1-2H3/b13-6+/t14?,15?,18?,19?,21-/m1/s1. The van der Waals surface area contributed by atoms with Gasteiger partial charge in [0.1, 0.15) is 5.75 Å². The van der Waals surface area contributed by atoms with Crippen molar-refractivity contribution in [2.45, 2.75) is 38.0 Å². The maximum atomic E-state index is 14.2. The third-order valence-electron chi connectivity index (χ3n) is 6.53. The number of allylic oxidation sites excluding steroid dienone is 4. The molecule has 2 fully saturated rings. The fraction of sp³-hybridized carbons (Fsp3) is 0.500. The smallest absolute Gasteiger partial charge is 0.428 e. The molecule has 0 aromatic heterocycles. The zero-order valence-electron chi connectivity index (χ0n) is 15.8. The maximum Gasteiger partial charge on any atom is 0.428 e. The minimum Gasteiger partial charge on any atom is -0.496 e. The highest BCUT2D eigenvalue weighted by atomic mass is 19.4. The van der Waals surface area contributed by atoms with Crippen LogP contribution in [0.3, 0.4) is 0 Å². The minimum atomic E-state index is -4.59. The monoisotopic (exact) mass is 392 g/mol. The van der Waals surface area contributed by atoms with Gasteiger partial charge in [0.15, 0.2) is 0 Å². The summed E-state index contributed by atoms with van der Waals surface area (Å²) in [4.78, 5) is 12.3. The van der Waals surface area contributed by atoms with Crippen LogP contribution >= 0.6 is 0 Å². The summed E-state index contributed by atoms with van der Waals surface area (Å²) in [6.45, 7) is 1.85. The second-order valence-electron chi connectivity index (χ2n) is 7.93. The van der Waals surface area contributed by atoms with Crippen LogP contribution in [0.5, 0.6) is 5.75 Å². The lowest BCUT2D eigenvalue weighted by molar-refractivity contribution is -0.275. The Morgan fingerprint density at radius 1 is 1.29 bits per heavy atom. The number of hydrogen-bond acceptors (Lipinski definition) is 3. The van der Waals surface area contributed by atoms with Gasteiger partial charge in [-0.15, -0.1) is 0 Å². The summed E-state index contributed by atoms with van der Waals surface area (Å²) in [6.07, 6.45) is 1.43. The largest absolute Gasteiger partial charge is 0.496 e. The van der Waals surface area contributed by atoms with Crippen LogP contribution in [-0.4, -0.2) is 24.9 Å². The highest BCUT2D eigenvalue weighted by molar-refractivity contribution is 5.78. The normalized spacial score (nSPS) is 33.9. The summed E-state index contributed by atoms with van der Waals surface area (Å²) in [7, 11) is 1.56. The van der Waals surface area contributed by atoms with Gasteiger partial charge in [-0.2, -0.15) is 13.2 Å². The molecule has 6 heteroatoms. The van der Waals surface area contributed by atoms with Crippen LogP contribution in [0, 0.1) is 23.7 Å². The van der Waals surface area contributed by atoms with Crippen molar-refractivity contribution in [3.8, 4) is 5.75 Å². The number of esters is 1. The second-order valence-corrected chi connectivity index (χ2v) is 7.93. The molecule has 2 bridgehead atoms. The molecule has 1 aromatic rings. The number of methoxy groups -OCH3 is 1. The van der Waals surface area contributed by atoms with E-state index in [1.165, 1.54) is 0 Å². The van der Waals surface area contributed by atoms with Gasteiger partial charge < -0.3 is 9.47 Å². The van der Waals surface area contributed by atoms with Crippen molar-refractivity contribution in [3.63, 3.8) is 0 Å². The summed E-state index contributed by atoms with van der Waals surface area (Å²) >= 11 is 0. The molecular formula is C22H23F3O3. The molecule has 3 nitrogen and oxygen atoms in total. The minimum absolute atomic E-state index is 0.113. The van der Waals surface area contributed by atoms with Crippen molar-refractivity contribution in [1.82, 2.24) is 0 Å². The molecule has 2 aliphatic carbocycles.